The molecule has 0 atom stereocenters. The van der Waals surface area contributed by atoms with Crippen LogP contribution >= 0.6 is 0 Å². The molecule has 2 aromatic rings. The summed E-state index contributed by atoms with van der Waals surface area (Å²) in [4.78, 5) is 12.0. The molecule has 0 saturated carbocycles. The third-order valence-electron chi connectivity index (χ3n) is 2.90. The highest BCUT2D eigenvalue weighted by molar-refractivity contribution is 6.06. The summed E-state index contributed by atoms with van der Waals surface area (Å²) in [6.07, 6.45) is 3.33. The quantitative estimate of drug-likeness (QED) is 0.614. The molecule has 0 saturated heterocycles. The van der Waals surface area contributed by atoms with Crippen LogP contribution in [0.4, 0.5) is 0 Å². The lowest BCUT2D eigenvalue weighted by molar-refractivity contribution is 0.104. The molecule has 0 aromatic heterocycles. The number of ether oxygens (including phenoxy) is 2. The van der Waals surface area contributed by atoms with Crippen molar-refractivity contribution in [2.75, 3.05) is 14.2 Å². The summed E-state index contributed by atoms with van der Waals surface area (Å²) in [5.41, 5.74) is 1.55. The van der Waals surface area contributed by atoms with Crippen molar-refractivity contribution in [1.82, 2.24) is 0 Å². The molecule has 0 bridgehead atoms. The van der Waals surface area contributed by atoms with E-state index in [0.29, 0.717) is 5.56 Å². The zero-order valence-electron chi connectivity index (χ0n) is 11.5. The number of hydrogen-bond donors (Lipinski definition) is 0. The molecule has 2 rings (SSSR count). The lowest BCUT2D eigenvalue weighted by Gasteiger charge is -2.01. The maximum absolute atomic E-state index is 12.0. The van der Waals surface area contributed by atoms with Crippen molar-refractivity contribution >= 4 is 11.9 Å². The number of carbonyl (C=O) groups is 1. The van der Waals surface area contributed by atoms with Gasteiger partial charge in [0.05, 0.1) is 14.2 Å². The standard InChI is InChI=1S/C17H16O3/c1-19-15-9-7-14(8-10-15)17(18)11-6-13-4-3-5-16(12-13)20-2/h3-12H,1-2H3. The Balaban J connectivity index is 2.11. The van der Waals surface area contributed by atoms with Crippen LogP contribution in [0.15, 0.2) is 54.6 Å². The SMILES string of the molecule is COc1ccc(C(=O)C=Cc2cccc(OC)c2)cc1. The summed E-state index contributed by atoms with van der Waals surface area (Å²) in [5, 5.41) is 0. The maximum Gasteiger partial charge on any atom is 0.185 e. The van der Waals surface area contributed by atoms with Crippen LogP contribution in [0.3, 0.4) is 0 Å². The van der Waals surface area contributed by atoms with Crippen LogP contribution in [-0.2, 0) is 0 Å². The van der Waals surface area contributed by atoms with Gasteiger partial charge in [0.25, 0.3) is 0 Å². The van der Waals surface area contributed by atoms with Crippen molar-refractivity contribution < 1.29 is 14.3 Å². The number of methoxy groups -OCH3 is 2. The third kappa shape index (κ3) is 3.48. The Morgan fingerprint density at radius 1 is 0.950 bits per heavy atom. The molecule has 0 fully saturated rings. The smallest absolute Gasteiger partial charge is 0.185 e. The van der Waals surface area contributed by atoms with Crippen molar-refractivity contribution in [3.63, 3.8) is 0 Å². The highest BCUT2D eigenvalue weighted by atomic mass is 16.5. The zero-order valence-corrected chi connectivity index (χ0v) is 11.5. The normalized spacial score (nSPS) is 10.5. The Morgan fingerprint density at radius 3 is 2.30 bits per heavy atom. The van der Waals surface area contributed by atoms with E-state index in [1.165, 1.54) is 0 Å². The number of rotatable bonds is 5. The molecule has 0 radical (unpaired) electrons. The Hall–Kier alpha value is -2.55. The van der Waals surface area contributed by atoms with Crippen LogP contribution in [0.2, 0.25) is 0 Å². The fraction of sp³-hybridized carbons (Fsp3) is 0.118. The minimum atomic E-state index is -0.0459. The van der Waals surface area contributed by atoms with Gasteiger partial charge < -0.3 is 9.47 Å². The molecule has 0 aliphatic heterocycles. The van der Waals surface area contributed by atoms with E-state index in [9.17, 15) is 4.79 Å². The van der Waals surface area contributed by atoms with Crippen LogP contribution in [0, 0.1) is 0 Å². The maximum atomic E-state index is 12.0. The molecule has 3 nitrogen and oxygen atoms in total. The number of ketones is 1. The highest BCUT2D eigenvalue weighted by Gasteiger charge is 2.01. The largest absolute Gasteiger partial charge is 0.497 e. The van der Waals surface area contributed by atoms with Crippen molar-refractivity contribution in [2.45, 2.75) is 0 Å². The lowest BCUT2D eigenvalue weighted by atomic mass is 10.1. The number of allylic oxidation sites excluding steroid dienone is 1. The molecule has 0 spiro atoms. The fourth-order valence-electron chi connectivity index (χ4n) is 1.77. The Kier molecular flexibility index (Phi) is 4.56. The molecule has 102 valence electrons. The van der Waals surface area contributed by atoms with Gasteiger partial charge in [-0.2, -0.15) is 0 Å². The van der Waals surface area contributed by atoms with Gasteiger partial charge in [0, 0.05) is 5.56 Å². The molecule has 0 aliphatic carbocycles. The summed E-state index contributed by atoms with van der Waals surface area (Å²) >= 11 is 0. The van der Waals surface area contributed by atoms with Gasteiger partial charge in [-0.15, -0.1) is 0 Å². The number of hydrogen-bond acceptors (Lipinski definition) is 3. The van der Waals surface area contributed by atoms with Crippen molar-refractivity contribution in [1.29, 1.82) is 0 Å². The summed E-state index contributed by atoms with van der Waals surface area (Å²) in [5.74, 6) is 1.46. The molecular weight excluding hydrogens is 252 g/mol. The van der Waals surface area contributed by atoms with Crippen molar-refractivity contribution in [3.8, 4) is 11.5 Å². The van der Waals surface area contributed by atoms with Gasteiger partial charge in [-0.3, -0.25) is 4.79 Å². The van der Waals surface area contributed by atoms with Crippen LogP contribution < -0.4 is 9.47 Å². The second kappa shape index (κ2) is 6.57. The molecule has 2 aromatic carbocycles. The van der Waals surface area contributed by atoms with E-state index in [0.717, 1.165) is 17.1 Å². The Bertz CT molecular complexity index is 612. The van der Waals surface area contributed by atoms with Gasteiger partial charge in [-0.05, 0) is 48.0 Å². The van der Waals surface area contributed by atoms with Crippen LogP contribution in [0.1, 0.15) is 15.9 Å². The average Bonchev–Trinajstić information content (AvgIpc) is 2.53. The molecule has 0 aliphatic rings. The van der Waals surface area contributed by atoms with E-state index in [-0.39, 0.29) is 5.78 Å². The van der Waals surface area contributed by atoms with E-state index in [1.807, 2.05) is 24.3 Å². The summed E-state index contributed by atoms with van der Waals surface area (Å²) in [7, 11) is 3.21. The Morgan fingerprint density at radius 2 is 1.65 bits per heavy atom. The van der Waals surface area contributed by atoms with Crippen molar-refractivity contribution in [2.24, 2.45) is 0 Å². The molecular formula is C17H16O3. The van der Waals surface area contributed by atoms with Crippen LogP contribution in [0.25, 0.3) is 6.08 Å². The van der Waals surface area contributed by atoms with Gasteiger partial charge in [-0.25, -0.2) is 0 Å². The predicted molar refractivity (Wildman–Crippen MR) is 79.4 cm³/mol. The molecule has 0 heterocycles. The minimum Gasteiger partial charge on any atom is -0.497 e. The second-order valence-electron chi connectivity index (χ2n) is 4.20. The third-order valence-corrected chi connectivity index (χ3v) is 2.90. The number of carbonyl (C=O) groups excluding carboxylic acids is 1. The summed E-state index contributed by atoms with van der Waals surface area (Å²) in [6, 6.07) is 14.6. The first-order valence-corrected chi connectivity index (χ1v) is 6.23. The minimum absolute atomic E-state index is 0.0459. The van der Waals surface area contributed by atoms with E-state index < -0.39 is 0 Å². The Labute approximate surface area is 118 Å². The van der Waals surface area contributed by atoms with E-state index >= 15 is 0 Å². The first-order valence-electron chi connectivity index (χ1n) is 6.23. The van der Waals surface area contributed by atoms with Crippen molar-refractivity contribution in [3.05, 3.63) is 65.7 Å². The molecule has 0 amide bonds. The van der Waals surface area contributed by atoms with Gasteiger partial charge in [-0.1, -0.05) is 18.2 Å². The summed E-state index contributed by atoms with van der Waals surface area (Å²) < 4.78 is 10.2. The summed E-state index contributed by atoms with van der Waals surface area (Å²) in [6.45, 7) is 0. The first kappa shape index (κ1) is 13.9. The van der Waals surface area contributed by atoms with E-state index in [4.69, 9.17) is 9.47 Å². The van der Waals surface area contributed by atoms with E-state index in [1.54, 1.807) is 50.6 Å². The fourth-order valence-corrected chi connectivity index (χ4v) is 1.77. The molecule has 0 N–H and O–H groups in total. The predicted octanol–water partition coefficient (Wildman–Crippen LogP) is 3.60. The van der Waals surface area contributed by atoms with Gasteiger partial charge >= 0.3 is 0 Å². The van der Waals surface area contributed by atoms with Crippen LogP contribution in [0.5, 0.6) is 11.5 Å². The van der Waals surface area contributed by atoms with Gasteiger partial charge in [0.2, 0.25) is 0 Å². The molecule has 3 heteroatoms. The highest BCUT2D eigenvalue weighted by Crippen LogP contribution is 2.15. The van der Waals surface area contributed by atoms with Gasteiger partial charge in [0.1, 0.15) is 11.5 Å². The van der Waals surface area contributed by atoms with Crippen LogP contribution in [-0.4, -0.2) is 20.0 Å². The number of benzene rings is 2. The molecule has 20 heavy (non-hydrogen) atoms. The monoisotopic (exact) mass is 268 g/mol. The van der Waals surface area contributed by atoms with E-state index in [2.05, 4.69) is 0 Å². The molecule has 0 unspecified atom stereocenters. The zero-order chi connectivity index (χ0) is 14.4. The average molecular weight is 268 g/mol. The van der Waals surface area contributed by atoms with Gasteiger partial charge in [0.15, 0.2) is 5.78 Å². The second-order valence-corrected chi connectivity index (χ2v) is 4.20. The lowest BCUT2D eigenvalue weighted by Crippen LogP contribution is -1.94. The topological polar surface area (TPSA) is 35.5 Å². The first-order chi connectivity index (χ1) is 9.72.